The highest BCUT2D eigenvalue weighted by atomic mass is 32.2. The van der Waals surface area contributed by atoms with Crippen molar-refractivity contribution in [2.24, 2.45) is 0 Å². The molecule has 2 rings (SSSR count). The molecule has 0 spiro atoms. The third kappa shape index (κ3) is 3.57. The molecular weight excluding hydrogens is 285 g/mol. The van der Waals surface area contributed by atoms with E-state index in [2.05, 4.69) is 11.4 Å². The standard InChI is InChI=1S/C17H20FNOS/c1-4-19-17(14-7-5-6-8-16(14)21-3)13-10-9-12(20-2)11-15(13)18/h5-11,17,19H,4H2,1-3H3. The third-order valence-electron chi connectivity index (χ3n) is 3.38. The molecule has 0 heterocycles. The normalized spacial score (nSPS) is 12.2. The zero-order valence-corrected chi connectivity index (χ0v) is 13.3. The van der Waals surface area contributed by atoms with Crippen molar-refractivity contribution in [2.75, 3.05) is 19.9 Å². The summed E-state index contributed by atoms with van der Waals surface area (Å²) in [4.78, 5) is 1.15. The van der Waals surface area contributed by atoms with Gasteiger partial charge in [-0.25, -0.2) is 4.39 Å². The van der Waals surface area contributed by atoms with E-state index in [1.54, 1.807) is 31.0 Å². The number of halogens is 1. The molecule has 0 saturated carbocycles. The number of hydrogen-bond acceptors (Lipinski definition) is 3. The first-order valence-corrected chi connectivity index (χ1v) is 8.13. The topological polar surface area (TPSA) is 21.3 Å². The summed E-state index contributed by atoms with van der Waals surface area (Å²) >= 11 is 1.67. The number of hydrogen-bond donors (Lipinski definition) is 1. The average Bonchev–Trinajstić information content (AvgIpc) is 2.53. The van der Waals surface area contributed by atoms with E-state index in [4.69, 9.17) is 4.74 Å². The molecule has 0 aliphatic carbocycles. The molecule has 0 aromatic heterocycles. The number of thioether (sulfide) groups is 1. The summed E-state index contributed by atoms with van der Waals surface area (Å²) in [5.74, 6) is 0.279. The van der Waals surface area contributed by atoms with Crippen LogP contribution in [0.5, 0.6) is 5.75 Å². The smallest absolute Gasteiger partial charge is 0.132 e. The first-order valence-electron chi connectivity index (χ1n) is 6.91. The van der Waals surface area contributed by atoms with Gasteiger partial charge < -0.3 is 10.1 Å². The van der Waals surface area contributed by atoms with Crippen LogP contribution in [0.1, 0.15) is 24.1 Å². The first kappa shape index (κ1) is 15.9. The van der Waals surface area contributed by atoms with E-state index in [0.717, 1.165) is 17.0 Å². The molecule has 0 bridgehead atoms. The Hall–Kier alpha value is -1.52. The minimum Gasteiger partial charge on any atom is -0.497 e. The first-order chi connectivity index (χ1) is 10.2. The molecular formula is C17H20FNOS. The van der Waals surface area contributed by atoms with E-state index in [9.17, 15) is 4.39 Å². The second kappa shape index (κ2) is 7.48. The molecule has 0 aliphatic heterocycles. The summed E-state index contributed by atoms with van der Waals surface area (Å²) in [5.41, 5.74) is 1.73. The van der Waals surface area contributed by atoms with Gasteiger partial charge in [-0.05, 0) is 30.5 Å². The van der Waals surface area contributed by atoms with Crippen LogP contribution in [0.4, 0.5) is 4.39 Å². The summed E-state index contributed by atoms with van der Waals surface area (Å²) in [6.45, 7) is 2.79. The van der Waals surface area contributed by atoms with Gasteiger partial charge in [-0.2, -0.15) is 0 Å². The molecule has 112 valence electrons. The highest BCUT2D eigenvalue weighted by Gasteiger charge is 2.19. The van der Waals surface area contributed by atoms with Crippen molar-refractivity contribution in [3.63, 3.8) is 0 Å². The zero-order valence-electron chi connectivity index (χ0n) is 12.5. The molecule has 1 atom stereocenters. The molecule has 0 aliphatic rings. The van der Waals surface area contributed by atoms with Crippen LogP contribution >= 0.6 is 11.8 Å². The van der Waals surface area contributed by atoms with Crippen molar-refractivity contribution >= 4 is 11.8 Å². The molecule has 2 nitrogen and oxygen atoms in total. The van der Waals surface area contributed by atoms with Gasteiger partial charge in [0.2, 0.25) is 0 Å². The number of nitrogens with one attached hydrogen (secondary N) is 1. The second-order valence-electron chi connectivity index (χ2n) is 4.62. The maximum Gasteiger partial charge on any atom is 0.132 e. The van der Waals surface area contributed by atoms with Crippen molar-refractivity contribution < 1.29 is 9.13 Å². The Kier molecular flexibility index (Phi) is 5.65. The Balaban J connectivity index is 2.48. The van der Waals surface area contributed by atoms with E-state index in [1.807, 2.05) is 31.4 Å². The van der Waals surface area contributed by atoms with Crippen molar-refractivity contribution in [2.45, 2.75) is 17.9 Å². The van der Waals surface area contributed by atoms with Crippen LogP contribution in [-0.2, 0) is 0 Å². The lowest BCUT2D eigenvalue weighted by Gasteiger charge is -2.22. The van der Waals surface area contributed by atoms with Gasteiger partial charge in [0, 0.05) is 16.5 Å². The summed E-state index contributed by atoms with van der Waals surface area (Å²) in [6, 6.07) is 13.0. The van der Waals surface area contributed by atoms with Gasteiger partial charge in [-0.15, -0.1) is 11.8 Å². The minimum atomic E-state index is -0.254. The van der Waals surface area contributed by atoms with Crippen molar-refractivity contribution in [1.29, 1.82) is 0 Å². The highest BCUT2D eigenvalue weighted by molar-refractivity contribution is 7.98. The van der Waals surface area contributed by atoms with Gasteiger partial charge in [0.1, 0.15) is 11.6 Å². The predicted octanol–water partition coefficient (Wildman–Crippen LogP) is 4.26. The lowest BCUT2D eigenvalue weighted by atomic mass is 9.98. The predicted molar refractivity (Wildman–Crippen MR) is 86.7 cm³/mol. The number of ether oxygens (including phenoxy) is 1. The fraction of sp³-hybridized carbons (Fsp3) is 0.294. The van der Waals surface area contributed by atoms with E-state index >= 15 is 0 Å². The van der Waals surface area contributed by atoms with Crippen LogP contribution in [0.2, 0.25) is 0 Å². The van der Waals surface area contributed by atoms with Crippen molar-refractivity contribution in [3.8, 4) is 5.75 Å². The van der Waals surface area contributed by atoms with Gasteiger partial charge in [0.05, 0.1) is 13.2 Å². The Morgan fingerprint density at radius 2 is 1.95 bits per heavy atom. The maximum atomic E-state index is 14.4. The van der Waals surface area contributed by atoms with Crippen LogP contribution in [0.15, 0.2) is 47.4 Å². The minimum absolute atomic E-state index is 0.162. The fourth-order valence-corrected chi connectivity index (χ4v) is 3.00. The Morgan fingerprint density at radius 3 is 2.57 bits per heavy atom. The third-order valence-corrected chi connectivity index (χ3v) is 4.19. The monoisotopic (exact) mass is 305 g/mol. The van der Waals surface area contributed by atoms with Crippen molar-refractivity contribution in [1.82, 2.24) is 5.32 Å². The Labute approximate surface area is 129 Å². The molecule has 0 saturated heterocycles. The molecule has 21 heavy (non-hydrogen) atoms. The average molecular weight is 305 g/mol. The lowest BCUT2D eigenvalue weighted by molar-refractivity contribution is 0.410. The molecule has 0 fully saturated rings. The summed E-state index contributed by atoms with van der Waals surface area (Å²) < 4.78 is 19.5. The van der Waals surface area contributed by atoms with Gasteiger partial charge in [-0.3, -0.25) is 0 Å². The zero-order chi connectivity index (χ0) is 15.2. The Morgan fingerprint density at radius 1 is 1.19 bits per heavy atom. The number of benzene rings is 2. The van der Waals surface area contributed by atoms with Gasteiger partial charge in [0.25, 0.3) is 0 Å². The molecule has 2 aromatic rings. The molecule has 4 heteroatoms. The van der Waals surface area contributed by atoms with E-state index in [0.29, 0.717) is 11.3 Å². The molecule has 2 aromatic carbocycles. The SMILES string of the molecule is CCNC(c1ccc(OC)cc1F)c1ccccc1SC. The number of rotatable bonds is 6. The number of methoxy groups -OCH3 is 1. The molecule has 0 amide bonds. The Bertz CT molecular complexity index is 603. The van der Waals surface area contributed by atoms with Gasteiger partial charge in [-0.1, -0.05) is 31.2 Å². The lowest BCUT2D eigenvalue weighted by Crippen LogP contribution is -2.23. The summed E-state index contributed by atoms with van der Waals surface area (Å²) in [7, 11) is 1.54. The van der Waals surface area contributed by atoms with Crippen LogP contribution in [-0.4, -0.2) is 19.9 Å². The fourth-order valence-electron chi connectivity index (χ4n) is 2.37. The van der Waals surface area contributed by atoms with E-state index in [-0.39, 0.29) is 11.9 Å². The van der Waals surface area contributed by atoms with E-state index < -0.39 is 0 Å². The van der Waals surface area contributed by atoms with Gasteiger partial charge in [0.15, 0.2) is 0 Å². The van der Waals surface area contributed by atoms with Crippen LogP contribution < -0.4 is 10.1 Å². The summed E-state index contributed by atoms with van der Waals surface area (Å²) in [6.07, 6.45) is 2.03. The van der Waals surface area contributed by atoms with Crippen LogP contribution in [0, 0.1) is 5.82 Å². The second-order valence-corrected chi connectivity index (χ2v) is 5.47. The quantitative estimate of drug-likeness (QED) is 0.806. The largest absolute Gasteiger partial charge is 0.497 e. The van der Waals surface area contributed by atoms with Crippen LogP contribution in [0.25, 0.3) is 0 Å². The summed E-state index contributed by atoms with van der Waals surface area (Å²) in [5, 5.41) is 3.37. The molecule has 0 radical (unpaired) electrons. The highest BCUT2D eigenvalue weighted by Crippen LogP contribution is 2.32. The van der Waals surface area contributed by atoms with Crippen molar-refractivity contribution in [3.05, 3.63) is 59.4 Å². The molecule has 1 N–H and O–H groups in total. The van der Waals surface area contributed by atoms with Crippen LogP contribution in [0.3, 0.4) is 0 Å². The maximum absolute atomic E-state index is 14.4. The molecule has 1 unspecified atom stereocenters. The van der Waals surface area contributed by atoms with E-state index in [1.165, 1.54) is 6.07 Å². The van der Waals surface area contributed by atoms with Gasteiger partial charge >= 0.3 is 0 Å².